The molecule has 1 unspecified atom stereocenters. The van der Waals surface area contributed by atoms with E-state index in [2.05, 4.69) is 10.0 Å². The number of β-amino-alcohol motifs (C(OH)–C–C–N with tert-alkyl or cyclic N) is 1. The molecule has 0 aromatic rings. The summed E-state index contributed by atoms with van der Waals surface area (Å²) in [6.45, 7) is 7.33. The molecular formula is C11H24N2O3S. The topological polar surface area (TPSA) is 78.4 Å². The van der Waals surface area contributed by atoms with Gasteiger partial charge in [-0.1, -0.05) is 20.8 Å². The van der Waals surface area contributed by atoms with E-state index in [1.165, 1.54) is 0 Å². The molecule has 1 atom stereocenters. The van der Waals surface area contributed by atoms with Crippen LogP contribution in [0.2, 0.25) is 0 Å². The standard InChI is InChI=1S/C11H24N2O3S/c1-10(2,3)5-7-17(15,16)13-9-11(14)4-6-12-8-11/h12-14H,4-9H2,1-3H3. The molecule has 0 bridgehead atoms. The predicted molar refractivity (Wildman–Crippen MR) is 68.3 cm³/mol. The molecule has 102 valence electrons. The van der Waals surface area contributed by atoms with Crippen molar-refractivity contribution in [2.45, 2.75) is 39.2 Å². The van der Waals surface area contributed by atoms with Gasteiger partial charge in [0.25, 0.3) is 0 Å². The highest BCUT2D eigenvalue weighted by molar-refractivity contribution is 7.89. The minimum Gasteiger partial charge on any atom is -0.387 e. The first kappa shape index (κ1) is 14.9. The smallest absolute Gasteiger partial charge is 0.211 e. The van der Waals surface area contributed by atoms with Crippen molar-refractivity contribution in [3.05, 3.63) is 0 Å². The Balaban J connectivity index is 2.39. The highest BCUT2D eigenvalue weighted by Crippen LogP contribution is 2.19. The van der Waals surface area contributed by atoms with Crippen LogP contribution in [-0.2, 0) is 10.0 Å². The first-order valence-corrected chi connectivity index (χ1v) is 7.68. The maximum absolute atomic E-state index is 11.7. The van der Waals surface area contributed by atoms with Gasteiger partial charge in [-0.05, 0) is 24.8 Å². The molecule has 17 heavy (non-hydrogen) atoms. The van der Waals surface area contributed by atoms with Crippen LogP contribution in [0.4, 0.5) is 0 Å². The first-order valence-electron chi connectivity index (χ1n) is 6.02. The summed E-state index contributed by atoms with van der Waals surface area (Å²) < 4.78 is 26.0. The third-order valence-corrected chi connectivity index (χ3v) is 4.29. The fraction of sp³-hybridized carbons (Fsp3) is 1.00. The zero-order chi connectivity index (χ0) is 13.2. The summed E-state index contributed by atoms with van der Waals surface area (Å²) in [5, 5.41) is 13.0. The molecule has 0 saturated carbocycles. The first-order chi connectivity index (χ1) is 7.62. The van der Waals surface area contributed by atoms with Gasteiger partial charge < -0.3 is 10.4 Å². The Bertz CT molecular complexity index is 340. The Hall–Kier alpha value is -0.170. The zero-order valence-corrected chi connectivity index (χ0v) is 11.7. The molecule has 0 amide bonds. The maximum Gasteiger partial charge on any atom is 0.211 e. The van der Waals surface area contributed by atoms with Gasteiger partial charge in [-0.15, -0.1) is 0 Å². The van der Waals surface area contributed by atoms with E-state index in [0.29, 0.717) is 19.4 Å². The second kappa shape index (κ2) is 5.22. The van der Waals surface area contributed by atoms with Crippen LogP contribution >= 0.6 is 0 Å². The third-order valence-electron chi connectivity index (χ3n) is 2.96. The van der Waals surface area contributed by atoms with Crippen LogP contribution in [0.5, 0.6) is 0 Å². The summed E-state index contributed by atoms with van der Waals surface area (Å²) in [5.74, 6) is 0.111. The number of nitrogens with one attached hydrogen (secondary N) is 2. The molecule has 0 spiro atoms. The van der Waals surface area contributed by atoms with Gasteiger partial charge in [0.1, 0.15) is 0 Å². The van der Waals surface area contributed by atoms with Gasteiger partial charge in [-0.3, -0.25) is 0 Å². The normalized spacial score (nSPS) is 26.4. The van der Waals surface area contributed by atoms with Crippen molar-refractivity contribution in [2.75, 3.05) is 25.4 Å². The lowest BCUT2D eigenvalue weighted by Crippen LogP contribution is -2.45. The lowest BCUT2D eigenvalue weighted by molar-refractivity contribution is 0.0667. The number of rotatable bonds is 5. The Kier molecular flexibility index (Phi) is 4.57. The fourth-order valence-corrected chi connectivity index (χ4v) is 3.15. The van der Waals surface area contributed by atoms with Gasteiger partial charge in [0.05, 0.1) is 11.4 Å². The average molecular weight is 264 g/mol. The summed E-state index contributed by atoms with van der Waals surface area (Å²) in [5.41, 5.74) is -0.921. The van der Waals surface area contributed by atoms with Gasteiger partial charge in [0, 0.05) is 13.1 Å². The molecule has 1 fully saturated rings. The van der Waals surface area contributed by atoms with Crippen LogP contribution in [0, 0.1) is 5.41 Å². The van der Waals surface area contributed by atoms with E-state index in [-0.39, 0.29) is 17.7 Å². The Labute approximate surface area is 104 Å². The number of sulfonamides is 1. The number of hydrogen-bond acceptors (Lipinski definition) is 4. The van der Waals surface area contributed by atoms with Gasteiger partial charge in [-0.25, -0.2) is 13.1 Å². The molecule has 1 saturated heterocycles. The summed E-state index contributed by atoms with van der Waals surface area (Å²) in [7, 11) is -3.28. The van der Waals surface area contributed by atoms with Crippen molar-refractivity contribution in [2.24, 2.45) is 5.41 Å². The van der Waals surface area contributed by atoms with E-state index < -0.39 is 15.6 Å². The van der Waals surface area contributed by atoms with E-state index in [0.717, 1.165) is 6.54 Å². The quantitative estimate of drug-likeness (QED) is 0.656. The minimum atomic E-state index is -3.28. The highest BCUT2D eigenvalue weighted by atomic mass is 32.2. The predicted octanol–water partition coefficient (Wildman–Crippen LogP) is 0.0664. The van der Waals surface area contributed by atoms with Crippen molar-refractivity contribution in [3.8, 4) is 0 Å². The fourth-order valence-electron chi connectivity index (χ4n) is 1.64. The molecule has 1 aliphatic heterocycles. The van der Waals surface area contributed by atoms with Crippen molar-refractivity contribution in [1.29, 1.82) is 0 Å². The second-order valence-corrected chi connectivity index (χ2v) is 8.03. The van der Waals surface area contributed by atoms with Gasteiger partial charge in [-0.2, -0.15) is 0 Å². The molecule has 1 aliphatic rings. The maximum atomic E-state index is 11.7. The summed E-state index contributed by atoms with van der Waals surface area (Å²) in [6, 6.07) is 0. The molecule has 0 radical (unpaired) electrons. The van der Waals surface area contributed by atoms with Gasteiger partial charge in [0.15, 0.2) is 0 Å². The third kappa shape index (κ3) is 5.81. The Morgan fingerprint density at radius 1 is 1.41 bits per heavy atom. The van der Waals surface area contributed by atoms with Crippen molar-refractivity contribution in [1.82, 2.24) is 10.0 Å². The average Bonchev–Trinajstić information content (AvgIpc) is 2.60. The molecular weight excluding hydrogens is 240 g/mol. The summed E-state index contributed by atoms with van der Waals surface area (Å²) in [6.07, 6.45) is 1.20. The highest BCUT2D eigenvalue weighted by Gasteiger charge is 2.32. The molecule has 0 aliphatic carbocycles. The van der Waals surface area contributed by atoms with Crippen LogP contribution in [0.3, 0.4) is 0 Å². The molecule has 1 rings (SSSR count). The Morgan fingerprint density at radius 2 is 2.06 bits per heavy atom. The van der Waals surface area contributed by atoms with E-state index >= 15 is 0 Å². The zero-order valence-electron chi connectivity index (χ0n) is 10.9. The van der Waals surface area contributed by atoms with Gasteiger partial charge >= 0.3 is 0 Å². The summed E-state index contributed by atoms with van der Waals surface area (Å²) >= 11 is 0. The van der Waals surface area contributed by atoms with E-state index in [4.69, 9.17) is 0 Å². The van der Waals surface area contributed by atoms with E-state index in [1.807, 2.05) is 20.8 Å². The van der Waals surface area contributed by atoms with E-state index in [1.54, 1.807) is 0 Å². The van der Waals surface area contributed by atoms with Crippen LogP contribution in [0.25, 0.3) is 0 Å². The van der Waals surface area contributed by atoms with Crippen molar-refractivity contribution in [3.63, 3.8) is 0 Å². The lowest BCUT2D eigenvalue weighted by atomic mass is 9.94. The Morgan fingerprint density at radius 3 is 2.53 bits per heavy atom. The molecule has 3 N–H and O–H groups in total. The van der Waals surface area contributed by atoms with Crippen LogP contribution in [0.1, 0.15) is 33.6 Å². The molecule has 1 heterocycles. The SMILES string of the molecule is CC(C)(C)CCS(=O)(=O)NCC1(O)CCNC1. The van der Waals surface area contributed by atoms with Gasteiger partial charge in [0.2, 0.25) is 10.0 Å². The molecule has 0 aromatic heterocycles. The van der Waals surface area contributed by atoms with Crippen LogP contribution in [0.15, 0.2) is 0 Å². The lowest BCUT2D eigenvalue weighted by Gasteiger charge is -2.22. The second-order valence-electron chi connectivity index (χ2n) is 6.10. The van der Waals surface area contributed by atoms with E-state index in [9.17, 15) is 13.5 Å². The van der Waals surface area contributed by atoms with Crippen molar-refractivity contribution < 1.29 is 13.5 Å². The van der Waals surface area contributed by atoms with Crippen molar-refractivity contribution >= 4 is 10.0 Å². The molecule has 6 heteroatoms. The minimum absolute atomic E-state index is 0.000561. The van der Waals surface area contributed by atoms with Crippen LogP contribution < -0.4 is 10.0 Å². The molecule has 0 aromatic carbocycles. The number of aliphatic hydroxyl groups is 1. The molecule has 5 nitrogen and oxygen atoms in total. The van der Waals surface area contributed by atoms with Crippen LogP contribution in [-0.4, -0.2) is 44.5 Å². The largest absolute Gasteiger partial charge is 0.387 e. The monoisotopic (exact) mass is 264 g/mol. The number of hydrogen-bond donors (Lipinski definition) is 3. The summed E-state index contributed by atoms with van der Waals surface area (Å²) in [4.78, 5) is 0.